The molecule has 0 unspecified atom stereocenters. The van der Waals surface area contributed by atoms with Crippen LogP contribution in [0.2, 0.25) is 0 Å². The van der Waals surface area contributed by atoms with Crippen LogP contribution in [0.3, 0.4) is 0 Å². The number of benzene rings is 2. The molecule has 1 saturated carbocycles. The highest BCUT2D eigenvalue weighted by Gasteiger charge is 2.30. The van der Waals surface area contributed by atoms with Crippen LogP contribution in [0.15, 0.2) is 59.1 Å². The lowest BCUT2D eigenvalue weighted by molar-refractivity contribution is -0.115. The fraction of sp³-hybridized carbons (Fsp3) is 0.308. The van der Waals surface area contributed by atoms with Crippen LogP contribution >= 0.6 is 23.1 Å². The maximum absolute atomic E-state index is 12.5. The van der Waals surface area contributed by atoms with E-state index in [2.05, 4.69) is 52.9 Å². The smallest absolute Gasteiger partial charge is 0.230 e. The van der Waals surface area contributed by atoms with Crippen LogP contribution in [0.25, 0.3) is 0 Å². The van der Waals surface area contributed by atoms with Gasteiger partial charge in [0.2, 0.25) is 5.91 Å². The zero-order valence-electron chi connectivity index (χ0n) is 19.6. The van der Waals surface area contributed by atoms with Crippen molar-refractivity contribution in [3.05, 3.63) is 82.1 Å². The third-order valence-electron chi connectivity index (χ3n) is 6.02. The Labute approximate surface area is 208 Å². The second-order valence-electron chi connectivity index (χ2n) is 8.72. The summed E-state index contributed by atoms with van der Waals surface area (Å²) in [6.45, 7) is 6.48. The molecule has 4 aromatic rings. The summed E-state index contributed by atoms with van der Waals surface area (Å²) in [5.41, 5.74) is 5.38. The predicted octanol–water partition coefficient (Wildman–Crippen LogP) is 6.25. The molecule has 0 aliphatic heterocycles. The number of nitrogens with zero attached hydrogens (tertiary/aromatic N) is 5. The largest absolute Gasteiger partial charge is 0.301 e. The predicted molar refractivity (Wildman–Crippen MR) is 138 cm³/mol. The van der Waals surface area contributed by atoms with Crippen molar-refractivity contribution in [1.82, 2.24) is 19.7 Å². The molecule has 1 aliphatic rings. The van der Waals surface area contributed by atoms with Gasteiger partial charge in [0.05, 0.1) is 17.9 Å². The molecule has 0 saturated heterocycles. The molecular formula is C26H27N5OS2. The molecule has 0 N–H and O–H groups in total. The van der Waals surface area contributed by atoms with Crippen LogP contribution in [0, 0.1) is 13.8 Å². The first-order valence-electron chi connectivity index (χ1n) is 11.4. The number of amides is 1. The first kappa shape index (κ1) is 22.8. The molecule has 0 spiro atoms. The molecule has 2 aromatic heterocycles. The minimum absolute atomic E-state index is 0.0477. The molecule has 2 aromatic carbocycles. The highest BCUT2D eigenvalue weighted by molar-refractivity contribution is 7.98. The van der Waals surface area contributed by atoms with Crippen molar-refractivity contribution >= 4 is 39.8 Å². The van der Waals surface area contributed by atoms with Crippen LogP contribution in [-0.2, 0) is 17.1 Å². The van der Waals surface area contributed by atoms with Crippen LogP contribution in [0.1, 0.15) is 53.9 Å². The van der Waals surface area contributed by atoms with Crippen molar-refractivity contribution in [2.75, 3.05) is 4.90 Å². The number of rotatable bonds is 8. The Bertz CT molecular complexity index is 1310. The van der Waals surface area contributed by atoms with Crippen molar-refractivity contribution in [3.63, 3.8) is 0 Å². The van der Waals surface area contributed by atoms with Gasteiger partial charge >= 0.3 is 0 Å². The third kappa shape index (κ3) is 4.93. The van der Waals surface area contributed by atoms with Crippen LogP contribution in [0.4, 0.5) is 10.8 Å². The maximum Gasteiger partial charge on any atom is 0.230 e. The van der Waals surface area contributed by atoms with E-state index in [9.17, 15) is 4.79 Å². The molecule has 2 heterocycles. The third-order valence-corrected chi connectivity index (χ3v) is 7.89. The van der Waals surface area contributed by atoms with Crippen LogP contribution in [-0.4, -0.2) is 25.7 Å². The molecule has 0 atom stereocenters. The first-order chi connectivity index (χ1) is 16.5. The number of anilines is 2. The summed E-state index contributed by atoms with van der Waals surface area (Å²) in [5, 5.41) is 12.7. The zero-order chi connectivity index (χ0) is 23.7. The Morgan fingerprint density at radius 3 is 2.62 bits per heavy atom. The van der Waals surface area contributed by atoms with Gasteiger partial charge in [0, 0.05) is 24.0 Å². The van der Waals surface area contributed by atoms with E-state index in [-0.39, 0.29) is 5.91 Å². The Morgan fingerprint density at radius 1 is 1.12 bits per heavy atom. The van der Waals surface area contributed by atoms with Crippen molar-refractivity contribution in [2.45, 2.75) is 57.0 Å². The van der Waals surface area contributed by atoms with Gasteiger partial charge in [0.25, 0.3) is 0 Å². The van der Waals surface area contributed by atoms with Crippen LogP contribution in [0.5, 0.6) is 0 Å². The van der Waals surface area contributed by atoms with Crippen molar-refractivity contribution in [2.24, 2.45) is 0 Å². The van der Waals surface area contributed by atoms with E-state index in [4.69, 9.17) is 4.98 Å². The van der Waals surface area contributed by atoms with Gasteiger partial charge in [-0.1, -0.05) is 48.2 Å². The van der Waals surface area contributed by atoms with Crippen molar-refractivity contribution < 1.29 is 4.79 Å². The molecule has 34 heavy (non-hydrogen) atoms. The summed E-state index contributed by atoms with van der Waals surface area (Å²) in [6.07, 6.45) is 2.37. The van der Waals surface area contributed by atoms with Crippen molar-refractivity contribution in [1.29, 1.82) is 0 Å². The fourth-order valence-electron chi connectivity index (χ4n) is 3.86. The Hall–Kier alpha value is -2.97. The number of carbonyl (C=O) groups excluding carboxylic acids is 1. The van der Waals surface area contributed by atoms with Gasteiger partial charge in [-0.2, -0.15) is 0 Å². The maximum atomic E-state index is 12.5. The summed E-state index contributed by atoms with van der Waals surface area (Å²) >= 11 is 3.14. The summed E-state index contributed by atoms with van der Waals surface area (Å²) in [6, 6.07) is 16.5. The van der Waals surface area contributed by atoms with E-state index in [0.717, 1.165) is 34.5 Å². The zero-order valence-corrected chi connectivity index (χ0v) is 21.2. The number of hydrogen-bond donors (Lipinski definition) is 0. The normalized spacial score (nSPS) is 13.3. The number of hydrogen-bond acceptors (Lipinski definition) is 6. The molecule has 6 nitrogen and oxygen atoms in total. The number of thioether (sulfide) groups is 1. The highest BCUT2D eigenvalue weighted by Crippen LogP contribution is 2.40. The van der Waals surface area contributed by atoms with Gasteiger partial charge < -0.3 is 4.57 Å². The van der Waals surface area contributed by atoms with Gasteiger partial charge in [-0.3, -0.25) is 9.69 Å². The molecule has 1 amide bonds. The summed E-state index contributed by atoms with van der Waals surface area (Å²) in [5.74, 6) is 2.24. The van der Waals surface area contributed by atoms with Crippen molar-refractivity contribution in [3.8, 4) is 0 Å². The van der Waals surface area contributed by atoms with Gasteiger partial charge in [-0.05, 0) is 55.5 Å². The van der Waals surface area contributed by atoms with Gasteiger partial charge in [0.1, 0.15) is 5.82 Å². The number of aromatic nitrogens is 4. The second kappa shape index (κ2) is 9.72. The van der Waals surface area contributed by atoms with E-state index in [0.29, 0.717) is 16.8 Å². The first-order valence-corrected chi connectivity index (χ1v) is 13.3. The van der Waals surface area contributed by atoms with Gasteiger partial charge in [-0.15, -0.1) is 21.5 Å². The SMILES string of the molecule is CC(=O)N(c1ccc(C)c(C)c1)c1nc(CSc2nnc(C3CC3)n2Cc2ccccc2)cs1. The molecule has 0 bridgehead atoms. The number of carbonyl (C=O) groups is 1. The van der Waals surface area contributed by atoms with Gasteiger partial charge in [-0.25, -0.2) is 4.98 Å². The Morgan fingerprint density at radius 2 is 1.91 bits per heavy atom. The summed E-state index contributed by atoms with van der Waals surface area (Å²) in [7, 11) is 0. The van der Waals surface area contributed by atoms with Crippen LogP contribution < -0.4 is 4.90 Å². The standard InChI is InChI=1S/C26H27N5OS2/c1-17-9-12-23(13-18(17)2)31(19(3)32)25-27-22(15-33-25)16-34-26-29-28-24(21-10-11-21)30(26)14-20-7-5-4-6-8-20/h4-9,12-13,15,21H,10-11,14,16H2,1-3H3. The summed E-state index contributed by atoms with van der Waals surface area (Å²) in [4.78, 5) is 19.0. The monoisotopic (exact) mass is 489 g/mol. The molecule has 0 radical (unpaired) electrons. The highest BCUT2D eigenvalue weighted by atomic mass is 32.2. The lowest BCUT2D eigenvalue weighted by Gasteiger charge is -2.19. The lowest BCUT2D eigenvalue weighted by Crippen LogP contribution is -2.22. The fourth-order valence-corrected chi connectivity index (χ4v) is 5.69. The Kier molecular flexibility index (Phi) is 6.52. The second-order valence-corrected chi connectivity index (χ2v) is 10.5. The van der Waals surface area contributed by atoms with E-state index in [1.807, 2.05) is 29.6 Å². The lowest BCUT2D eigenvalue weighted by atomic mass is 10.1. The van der Waals surface area contributed by atoms with E-state index in [1.165, 1.54) is 35.3 Å². The topological polar surface area (TPSA) is 63.9 Å². The molecule has 1 aliphatic carbocycles. The summed E-state index contributed by atoms with van der Waals surface area (Å²) < 4.78 is 2.25. The average molecular weight is 490 g/mol. The molecule has 1 fully saturated rings. The molecule has 5 rings (SSSR count). The number of aryl methyl sites for hydroxylation is 2. The quantitative estimate of drug-likeness (QED) is 0.274. The van der Waals surface area contributed by atoms with E-state index < -0.39 is 0 Å². The minimum atomic E-state index is -0.0477. The van der Waals surface area contributed by atoms with E-state index >= 15 is 0 Å². The molecular weight excluding hydrogens is 462 g/mol. The Balaban J connectivity index is 1.34. The number of thiazole rings is 1. The van der Waals surface area contributed by atoms with Gasteiger partial charge in [0.15, 0.2) is 10.3 Å². The van der Waals surface area contributed by atoms with E-state index in [1.54, 1.807) is 23.6 Å². The molecule has 8 heteroatoms. The molecule has 174 valence electrons. The minimum Gasteiger partial charge on any atom is -0.301 e. The average Bonchev–Trinajstić information content (AvgIpc) is 3.44.